The maximum atomic E-state index is 13.2. The minimum Gasteiger partial charge on any atom is -0.411 e. The molecule has 3 aromatic rings. The number of nitrogens with one attached hydrogen (secondary N) is 1. The predicted molar refractivity (Wildman–Crippen MR) is 141 cm³/mol. The average molecular weight is 526 g/mol. The standard InChI is InChI=1S/C25H24ClN5O4S/c1-31(36(2,34)35)25(32)24(13-16-7-5-9-22(28)20(16)15-29-33)30-23-11-10-17(12-21(23)26)19-8-4-3-6-18(19)14-27/h3-12,15,24,30,33H,13,28H2,1-2H3/t24-/m0/s1. The molecule has 3 aromatic carbocycles. The van der Waals surface area contributed by atoms with Gasteiger partial charge in [-0.3, -0.25) is 4.79 Å². The summed E-state index contributed by atoms with van der Waals surface area (Å²) < 4.78 is 24.8. The molecule has 0 saturated heterocycles. The van der Waals surface area contributed by atoms with Crippen LogP contribution in [0.2, 0.25) is 5.02 Å². The molecule has 3 rings (SSSR count). The van der Waals surface area contributed by atoms with E-state index in [0.29, 0.717) is 43.5 Å². The van der Waals surface area contributed by atoms with E-state index in [4.69, 9.17) is 22.5 Å². The van der Waals surface area contributed by atoms with Crippen molar-refractivity contribution in [3.63, 3.8) is 0 Å². The number of anilines is 2. The minimum atomic E-state index is -3.83. The molecule has 4 N–H and O–H groups in total. The molecule has 1 atom stereocenters. The van der Waals surface area contributed by atoms with Crippen molar-refractivity contribution in [2.75, 3.05) is 24.4 Å². The molecular weight excluding hydrogens is 502 g/mol. The van der Waals surface area contributed by atoms with Gasteiger partial charge >= 0.3 is 0 Å². The Morgan fingerprint density at radius 3 is 2.61 bits per heavy atom. The Hall–Kier alpha value is -4.07. The van der Waals surface area contributed by atoms with Crippen LogP contribution < -0.4 is 11.1 Å². The van der Waals surface area contributed by atoms with E-state index in [0.717, 1.165) is 12.5 Å². The molecular formula is C25H24ClN5O4S. The Labute approximate surface area is 214 Å². The number of amides is 1. The van der Waals surface area contributed by atoms with Crippen molar-refractivity contribution in [3.05, 3.63) is 82.4 Å². The SMILES string of the molecule is CN(C(=O)[C@H](Cc1cccc(N)c1C=NO)Nc1ccc(-c2ccccc2C#N)cc1Cl)S(C)(=O)=O. The van der Waals surface area contributed by atoms with Crippen LogP contribution in [0.15, 0.2) is 65.8 Å². The number of nitrogen functional groups attached to an aromatic ring is 1. The van der Waals surface area contributed by atoms with Crippen LogP contribution >= 0.6 is 11.6 Å². The Balaban J connectivity index is 2.01. The fourth-order valence-corrected chi connectivity index (χ4v) is 4.34. The van der Waals surface area contributed by atoms with E-state index < -0.39 is 22.0 Å². The molecule has 0 aromatic heterocycles. The first-order chi connectivity index (χ1) is 17.1. The summed E-state index contributed by atoms with van der Waals surface area (Å²) in [5.74, 6) is -0.721. The van der Waals surface area contributed by atoms with E-state index in [1.165, 1.54) is 7.05 Å². The average Bonchev–Trinajstić information content (AvgIpc) is 2.85. The first-order valence-corrected chi connectivity index (χ1v) is 12.9. The van der Waals surface area contributed by atoms with Crippen LogP contribution in [0.5, 0.6) is 0 Å². The highest BCUT2D eigenvalue weighted by molar-refractivity contribution is 7.88. The number of sulfonamides is 1. The van der Waals surface area contributed by atoms with Gasteiger partial charge in [0.1, 0.15) is 6.04 Å². The lowest BCUT2D eigenvalue weighted by molar-refractivity contribution is -0.126. The van der Waals surface area contributed by atoms with Gasteiger partial charge in [-0.2, -0.15) is 5.26 Å². The maximum absolute atomic E-state index is 13.2. The first kappa shape index (κ1) is 26.5. The molecule has 0 saturated carbocycles. The van der Waals surface area contributed by atoms with Crippen molar-refractivity contribution >= 4 is 45.1 Å². The van der Waals surface area contributed by atoms with Gasteiger partial charge in [-0.05, 0) is 41.0 Å². The lowest BCUT2D eigenvalue weighted by Gasteiger charge is -2.25. The molecule has 0 aliphatic heterocycles. The van der Waals surface area contributed by atoms with E-state index in [1.54, 1.807) is 54.6 Å². The molecule has 186 valence electrons. The lowest BCUT2D eigenvalue weighted by Crippen LogP contribution is -2.44. The van der Waals surface area contributed by atoms with Gasteiger partial charge in [0.2, 0.25) is 10.0 Å². The number of oxime groups is 1. The summed E-state index contributed by atoms with van der Waals surface area (Å²) in [5.41, 5.74) is 9.55. The zero-order valence-electron chi connectivity index (χ0n) is 19.5. The fourth-order valence-electron chi connectivity index (χ4n) is 3.65. The van der Waals surface area contributed by atoms with Crippen molar-refractivity contribution in [3.8, 4) is 17.2 Å². The Morgan fingerprint density at radius 1 is 1.25 bits per heavy atom. The number of nitriles is 1. The summed E-state index contributed by atoms with van der Waals surface area (Å²) in [6, 6.07) is 18.2. The predicted octanol–water partition coefficient (Wildman–Crippen LogP) is 3.71. The number of hydrogen-bond donors (Lipinski definition) is 3. The molecule has 0 unspecified atom stereocenters. The van der Waals surface area contributed by atoms with Crippen molar-refractivity contribution in [2.24, 2.45) is 5.16 Å². The van der Waals surface area contributed by atoms with Crippen LogP contribution in [0.3, 0.4) is 0 Å². The minimum absolute atomic E-state index is 0.0143. The summed E-state index contributed by atoms with van der Waals surface area (Å²) in [4.78, 5) is 13.2. The number of likely N-dealkylation sites (N-methyl/N-ethyl adjacent to an activating group) is 1. The number of benzene rings is 3. The molecule has 0 heterocycles. The van der Waals surface area contributed by atoms with Crippen molar-refractivity contribution in [1.29, 1.82) is 5.26 Å². The van der Waals surface area contributed by atoms with Gasteiger partial charge in [0.05, 0.1) is 34.8 Å². The fraction of sp³-hybridized carbons (Fsp3) is 0.160. The summed E-state index contributed by atoms with van der Waals surface area (Å²) in [5, 5.41) is 24.8. The van der Waals surface area contributed by atoms with E-state index >= 15 is 0 Å². The third-order valence-corrected chi connectivity index (χ3v) is 7.09. The van der Waals surface area contributed by atoms with Crippen LogP contribution in [0.4, 0.5) is 11.4 Å². The van der Waals surface area contributed by atoms with Crippen molar-refractivity contribution in [2.45, 2.75) is 12.5 Å². The molecule has 1 amide bonds. The highest BCUT2D eigenvalue weighted by Gasteiger charge is 2.29. The molecule has 11 heteroatoms. The third kappa shape index (κ3) is 5.94. The van der Waals surface area contributed by atoms with E-state index in [9.17, 15) is 18.5 Å². The molecule has 0 radical (unpaired) electrons. The quantitative estimate of drug-likeness (QED) is 0.175. The zero-order chi connectivity index (χ0) is 26.5. The second-order valence-corrected chi connectivity index (χ2v) is 10.4. The van der Waals surface area contributed by atoms with Gasteiger partial charge in [0.15, 0.2) is 0 Å². The largest absolute Gasteiger partial charge is 0.411 e. The number of carbonyl (C=O) groups is 1. The van der Waals surface area contributed by atoms with Crippen LogP contribution in [0.1, 0.15) is 16.7 Å². The Bertz CT molecular complexity index is 1470. The maximum Gasteiger partial charge on any atom is 0.258 e. The van der Waals surface area contributed by atoms with Crippen molar-refractivity contribution in [1.82, 2.24) is 4.31 Å². The van der Waals surface area contributed by atoms with Crippen LogP contribution in [-0.2, 0) is 21.2 Å². The van der Waals surface area contributed by atoms with Gasteiger partial charge in [-0.15, -0.1) is 0 Å². The number of carbonyl (C=O) groups excluding carboxylic acids is 1. The third-order valence-electron chi connectivity index (χ3n) is 5.60. The van der Waals surface area contributed by atoms with Gasteiger partial charge in [-0.1, -0.05) is 53.2 Å². The molecule has 9 nitrogen and oxygen atoms in total. The van der Waals surface area contributed by atoms with Gasteiger partial charge < -0.3 is 16.3 Å². The number of hydrogen-bond acceptors (Lipinski definition) is 8. The van der Waals surface area contributed by atoms with Gasteiger partial charge in [-0.25, -0.2) is 12.7 Å². The summed E-state index contributed by atoms with van der Waals surface area (Å²) >= 11 is 6.54. The molecule has 0 aliphatic carbocycles. The van der Waals surface area contributed by atoms with E-state index in [1.807, 2.05) is 6.07 Å². The van der Waals surface area contributed by atoms with Crippen molar-refractivity contribution < 1.29 is 18.4 Å². The first-order valence-electron chi connectivity index (χ1n) is 10.6. The molecule has 0 bridgehead atoms. The lowest BCUT2D eigenvalue weighted by atomic mass is 9.98. The zero-order valence-corrected chi connectivity index (χ0v) is 21.1. The van der Waals surface area contributed by atoms with Crippen LogP contribution in [0, 0.1) is 11.3 Å². The summed E-state index contributed by atoms with van der Waals surface area (Å²) in [6.07, 6.45) is 2.10. The second-order valence-electron chi connectivity index (χ2n) is 7.99. The molecule has 0 fully saturated rings. The highest BCUT2D eigenvalue weighted by atomic mass is 35.5. The second kappa shape index (κ2) is 11.1. The van der Waals surface area contributed by atoms with E-state index in [-0.39, 0.29) is 11.4 Å². The number of rotatable bonds is 8. The molecule has 36 heavy (non-hydrogen) atoms. The van der Waals surface area contributed by atoms with Crippen LogP contribution in [-0.4, -0.2) is 49.4 Å². The Kier molecular flexibility index (Phi) is 8.19. The summed E-state index contributed by atoms with van der Waals surface area (Å²) in [7, 11) is -2.66. The topological polar surface area (TPSA) is 149 Å². The number of halogens is 1. The Morgan fingerprint density at radius 2 is 1.97 bits per heavy atom. The normalized spacial score (nSPS) is 12.2. The highest BCUT2D eigenvalue weighted by Crippen LogP contribution is 2.31. The monoisotopic (exact) mass is 525 g/mol. The number of nitrogens with zero attached hydrogens (tertiary/aromatic N) is 3. The number of nitrogens with two attached hydrogens (primary N) is 1. The van der Waals surface area contributed by atoms with Gasteiger partial charge in [0, 0.05) is 24.7 Å². The molecule has 0 aliphatic rings. The van der Waals surface area contributed by atoms with Gasteiger partial charge in [0.25, 0.3) is 5.91 Å². The molecule has 0 spiro atoms. The van der Waals surface area contributed by atoms with E-state index in [2.05, 4.69) is 16.5 Å². The smallest absolute Gasteiger partial charge is 0.258 e. The summed E-state index contributed by atoms with van der Waals surface area (Å²) in [6.45, 7) is 0. The van der Waals surface area contributed by atoms with Crippen LogP contribution in [0.25, 0.3) is 11.1 Å².